The van der Waals surface area contributed by atoms with Gasteiger partial charge in [0.05, 0.1) is 0 Å². The maximum atomic E-state index is 6.00. The van der Waals surface area contributed by atoms with E-state index in [0.717, 1.165) is 28.1 Å². The van der Waals surface area contributed by atoms with Crippen LogP contribution in [0.2, 0.25) is 0 Å². The summed E-state index contributed by atoms with van der Waals surface area (Å²) in [5, 5.41) is 0. The van der Waals surface area contributed by atoms with E-state index in [4.69, 9.17) is 11.5 Å². The van der Waals surface area contributed by atoms with Gasteiger partial charge in [-0.25, -0.2) is 0 Å². The molecule has 0 saturated heterocycles. The maximum Gasteiger partial charge on any atom is 0.0393 e. The molecule has 2 rings (SSSR count). The first kappa shape index (κ1) is 10.6. The summed E-state index contributed by atoms with van der Waals surface area (Å²) in [5.41, 5.74) is 18.0. The predicted molar refractivity (Wildman–Crippen MR) is 70.2 cm³/mol. The van der Waals surface area contributed by atoms with Gasteiger partial charge in [-0.05, 0) is 42.7 Å². The first-order chi connectivity index (χ1) is 7.61. The van der Waals surface area contributed by atoms with Crippen molar-refractivity contribution in [1.29, 1.82) is 0 Å². The van der Waals surface area contributed by atoms with E-state index >= 15 is 0 Å². The average molecular weight is 212 g/mol. The molecule has 2 aromatic rings. The largest absolute Gasteiger partial charge is 0.398 e. The topological polar surface area (TPSA) is 52.0 Å². The minimum Gasteiger partial charge on any atom is -0.398 e. The number of nitrogen functional groups attached to an aromatic ring is 2. The fraction of sp³-hybridized carbons (Fsp3) is 0.143. The van der Waals surface area contributed by atoms with Gasteiger partial charge in [0.2, 0.25) is 0 Å². The smallest absolute Gasteiger partial charge is 0.0393 e. The first-order valence-corrected chi connectivity index (χ1v) is 5.32. The summed E-state index contributed by atoms with van der Waals surface area (Å²) < 4.78 is 0. The molecule has 0 aliphatic carbocycles. The summed E-state index contributed by atoms with van der Waals surface area (Å²) in [5.74, 6) is 0. The summed E-state index contributed by atoms with van der Waals surface area (Å²) in [6.45, 7) is 4.11. The van der Waals surface area contributed by atoms with Gasteiger partial charge < -0.3 is 11.5 Å². The Morgan fingerprint density at radius 1 is 0.812 bits per heavy atom. The Hall–Kier alpha value is -1.96. The van der Waals surface area contributed by atoms with Crippen molar-refractivity contribution in [3.05, 3.63) is 47.5 Å². The molecule has 0 saturated carbocycles. The van der Waals surface area contributed by atoms with Crippen LogP contribution in [0.1, 0.15) is 11.1 Å². The molecule has 0 unspecified atom stereocenters. The minimum absolute atomic E-state index is 0.791. The molecule has 2 nitrogen and oxygen atoms in total. The van der Waals surface area contributed by atoms with Crippen molar-refractivity contribution in [3.8, 4) is 11.1 Å². The van der Waals surface area contributed by atoms with Crippen molar-refractivity contribution in [3.63, 3.8) is 0 Å². The molecule has 0 aliphatic rings. The number of hydrogen-bond donors (Lipinski definition) is 2. The Bertz CT molecular complexity index is 530. The highest BCUT2D eigenvalue weighted by Crippen LogP contribution is 2.33. The molecule has 2 heteroatoms. The van der Waals surface area contributed by atoms with Crippen molar-refractivity contribution >= 4 is 11.4 Å². The van der Waals surface area contributed by atoms with Gasteiger partial charge in [0, 0.05) is 16.9 Å². The maximum absolute atomic E-state index is 6.00. The van der Waals surface area contributed by atoms with Crippen LogP contribution in [-0.4, -0.2) is 0 Å². The van der Waals surface area contributed by atoms with Crippen LogP contribution in [0.25, 0.3) is 11.1 Å². The Kier molecular flexibility index (Phi) is 2.57. The van der Waals surface area contributed by atoms with Crippen LogP contribution >= 0.6 is 0 Å². The van der Waals surface area contributed by atoms with E-state index < -0.39 is 0 Å². The highest BCUT2D eigenvalue weighted by atomic mass is 14.6. The van der Waals surface area contributed by atoms with Crippen molar-refractivity contribution in [2.24, 2.45) is 0 Å². The predicted octanol–water partition coefficient (Wildman–Crippen LogP) is 3.13. The number of hydrogen-bond acceptors (Lipinski definition) is 2. The second kappa shape index (κ2) is 3.89. The summed E-state index contributed by atoms with van der Waals surface area (Å²) in [4.78, 5) is 0. The van der Waals surface area contributed by atoms with Gasteiger partial charge in [0.1, 0.15) is 0 Å². The van der Waals surface area contributed by atoms with Crippen molar-refractivity contribution in [2.45, 2.75) is 13.8 Å². The summed E-state index contributed by atoms with van der Waals surface area (Å²) >= 11 is 0. The van der Waals surface area contributed by atoms with Gasteiger partial charge in [-0.15, -0.1) is 0 Å². The molecule has 0 heterocycles. The Balaban J connectivity index is 2.74. The lowest BCUT2D eigenvalue weighted by Gasteiger charge is -2.14. The summed E-state index contributed by atoms with van der Waals surface area (Å²) in [6.07, 6.45) is 0. The molecule has 0 bridgehead atoms. The first-order valence-electron chi connectivity index (χ1n) is 5.32. The Labute approximate surface area is 95.9 Å². The van der Waals surface area contributed by atoms with E-state index in [0.29, 0.717) is 0 Å². The Morgan fingerprint density at radius 2 is 1.50 bits per heavy atom. The van der Waals surface area contributed by atoms with Crippen molar-refractivity contribution in [2.75, 3.05) is 11.5 Å². The zero-order valence-corrected chi connectivity index (χ0v) is 9.62. The van der Waals surface area contributed by atoms with E-state index in [1.54, 1.807) is 0 Å². The van der Waals surface area contributed by atoms with E-state index in [9.17, 15) is 0 Å². The molecule has 2 aromatic carbocycles. The van der Waals surface area contributed by atoms with Gasteiger partial charge in [-0.1, -0.05) is 24.3 Å². The zero-order chi connectivity index (χ0) is 11.7. The second-order valence-electron chi connectivity index (χ2n) is 4.06. The van der Waals surface area contributed by atoms with Gasteiger partial charge in [-0.3, -0.25) is 0 Å². The molecule has 82 valence electrons. The molecule has 0 amide bonds. The monoisotopic (exact) mass is 212 g/mol. The van der Waals surface area contributed by atoms with Crippen LogP contribution in [-0.2, 0) is 0 Å². The normalized spacial score (nSPS) is 10.4. The minimum atomic E-state index is 0.791. The molecule has 16 heavy (non-hydrogen) atoms. The number of benzene rings is 2. The third-order valence-electron chi connectivity index (χ3n) is 2.95. The molecule has 0 spiro atoms. The van der Waals surface area contributed by atoms with Crippen LogP contribution in [0.15, 0.2) is 36.4 Å². The molecule has 0 fully saturated rings. The van der Waals surface area contributed by atoms with Crippen LogP contribution in [0, 0.1) is 13.8 Å². The lowest BCUT2D eigenvalue weighted by Crippen LogP contribution is -1.97. The number of rotatable bonds is 1. The van der Waals surface area contributed by atoms with E-state index in [1.807, 2.05) is 43.3 Å². The standard InChI is InChI=1S/C14H16N2/c1-9-7-8-12(15)10(2)14(9)11-5-3-4-6-13(11)16/h3-8H,15-16H2,1-2H3. The summed E-state index contributed by atoms with van der Waals surface area (Å²) in [6, 6.07) is 11.8. The third-order valence-corrected chi connectivity index (χ3v) is 2.95. The van der Waals surface area contributed by atoms with Crippen LogP contribution in [0.4, 0.5) is 11.4 Å². The number of nitrogens with two attached hydrogens (primary N) is 2. The molecular weight excluding hydrogens is 196 g/mol. The quantitative estimate of drug-likeness (QED) is 0.713. The molecule has 0 aromatic heterocycles. The summed E-state index contributed by atoms with van der Waals surface area (Å²) in [7, 11) is 0. The molecule has 0 atom stereocenters. The number of anilines is 2. The van der Waals surface area contributed by atoms with Crippen LogP contribution < -0.4 is 11.5 Å². The average Bonchev–Trinajstić information content (AvgIpc) is 2.27. The fourth-order valence-corrected chi connectivity index (χ4v) is 2.00. The number of para-hydroxylation sites is 1. The van der Waals surface area contributed by atoms with Crippen molar-refractivity contribution in [1.82, 2.24) is 0 Å². The van der Waals surface area contributed by atoms with E-state index in [1.165, 1.54) is 5.56 Å². The van der Waals surface area contributed by atoms with Crippen molar-refractivity contribution < 1.29 is 0 Å². The van der Waals surface area contributed by atoms with E-state index in [-0.39, 0.29) is 0 Å². The van der Waals surface area contributed by atoms with Gasteiger partial charge >= 0.3 is 0 Å². The lowest BCUT2D eigenvalue weighted by molar-refractivity contribution is 1.38. The van der Waals surface area contributed by atoms with Gasteiger partial charge in [0.25, 0.3) is 0 Å². The van der Waals surface area contributed by atoms with E-state index in [2.05, 4.69) is 6.92 Å². The molecular formula is C14H16N2. The van der Waals surface area contributed by atoms with Gasteiger partial charge in [-0.2, -0.15) is 0 Å². The molecule has 4 N–H and O–H groups in total. The molecule has 0 aliphatic heterocycles. The van der Waals surface area contributed by atoms with Crippen LogP contribution in [0.5, 0.6) is 0 Å². The SMILES string of the molecule is Cc1ccc(N)c(C)c1-c1ccccc1N. The number of aryl methyl sites for hydroxylation is 1. The van der Waals surface area contributed by atoms with Crippen LogP contribution in [0.3, 0.4) is 0 Å². The zero-order valence-electron chi connectivity index (χ0n) is 9.62. The third kappa shape index (κ3) is 1.63. The van der Waals surface area contributed by atoms with Gasteiger partial charge in [0.15, 0.2) is 0 Å². The second-order valence-corrected chi connectivity index (χ2v) is 4.06. The highest BCUT2D eigenvalue weighted by molar-refractivity contribution is 5.83. The highest BCUT2D eigenvalue weighted by Gasteiger charge is 2.09. The fourth-order valence-electron chi connectivity index (χ4n) is 2.00. The Morgan fingerprint density at radius 3 is 2.19 bits per heavy atom. The lowest BCUT2D eigenvalue weighted by atomic mass is 9.93. The molecule has 0 radical (unpaired) electrons.